The molecule has 42 heavy (non-hydrogen) atoms. The van der Waals surface area contributed by atoms with Crippen molar-refractivity contribution in [3.63, 3.8) is 0 Å². The number of nitrogens with one attached hydrogen (secondary N) is 1. The maximum Gasteiger partial charge on any atom is 0.278 e. The zero-order valence-electron chi connectivity index (χ0n) is 23.3. The van der Waals surface area contributed by atoms with Crippen molar-refractivity contribution in [3.05, 3.63) is 106 Å². The third kappa shape index (κ3) is 4.47. The van der Waals surface area contributed by atoms with Crippen LogP contribution >= 0.6 is 0 Å². The first kappa shape index (κ1) is 25.9. The maximum atomic E-state index is 13.4. The molecule has 11 nitrogen and oxygen atoms in total. The van der Waals surface area contributed by atoms with Gasteiger partial charge in [-0.3, -0.25) is 14.2 Å². The number of hydrogen-bond acceptors (Lipinski definition) is 8. The molecule has 4 aromatic heterocycles. The summed E-state index contributed by atoms with van der Waals surface area (Å²) < 4.78 is 4.60. The summed E-state index contributed by atoms with van der Waals surface area (Å²) in [6.45, 7) is 7.42. The molecule has 0 amide bonds. The van der Waals surface area contributed by atoms with Gasteiger partial charge in [0.15, 0.2) is 11.5 Å². The third-order valence-electron chi connectivity index (χ3n) is 8.17. The summed E-state index contributed by atoms with van der Waals surface area (Å²) >= 11 is 0. The lowest BCUT2D eigenvalue weighted by Crippen LogP contribution is -2.34. The summed E-state index contributed by atoms with van der Waals surface area (Å²) in [7, 11) is 2.20. The molecular formula is C31H31N9O2. The summed E-state index contributed by atoms with van der Waals surface area (Å²) in [6, 6.07) is 19.1. The van der Waals surface area contributed by atoms with Crippen LogP contribution in [-0.2, 0) is 6.54 Å². The van der Waals surface area contributed by atoms with Crippen molar-refractivity contribution in [3.8, 4) is 11.6 Å². The van der Waals surface area contributed by atoms with E-state index in [0.29, 0.717) is 34.7 Å². The van der Waals surface area contributed by atoms with Gasteiger partial charge in [0.1, 0.15) is 11.2 Å². The Morgan fingerprint density at radius 1 is 1.00 bits per heavy atom. The average molecular weight is 562 g/mol. The third-order valence-corrected chi connectivity index (χ3v) is 8.17. The Morgan fingerprint density at radius 3 is 2.64 bits per heavy atom. The second-order valence-electron chi connectivity index (χ2n) is 10.9. The largest absolute Gasteiger partial charge is 0.367 e. The number of likely N-dealkylation sites (N-methyl/N-ethyl adjacent to an activating group) is 1. The van der Waals surface area contributed by atoms with E-state index < -0.39 is 0 Å². The highest BCUT2D eigenvalue weighted by molar-refractivity contribution is 5.77. The van der Waals surface area contributed by atoms with Crippen molar-refractivity contribution in [2.45, 2.75) is 19.0 Å². The van der Waals surface area contributed by atoms with Crippen LogP contribution in [0.15, 0.2) is 95.3 Å². The molecule has 7 rings (SSSR count). The smallest absolute Gasteiger partial charge is 0.278 e. The number of rotatable bonds is 7. The fraction of sp³-hybridized carbons (Fsp3) is 0.258. The van der Waals surface area contributed by atoms with Crippen LogP contribution in [0.2, 0.25) is 0 Å². The Kier molecular flexibility index (Phi) is 6.43. The van der Waals surface area contributed by atoms with E-state index in [9.17, 15) is 9.59 Å². The van der Waals surface area contributed by atoms with Crippen LogP contribution in [-0.4, -0.2) is 66.5 Å². The van der Waals surface area contributed by atoms with Gasteiger partial charge in [-0.25, -0.2) is 19.3 Å². The molecule has 1 N–H and O–H groups in total. The molecule has 2 aliphatic heterocycles. The fourth-order valence-electron chi connectivity index (χ4n) is 6.25. The van der Waals surface area contributed by atoms with E-state index in [1.54, 1.807) is 47.3 Å². The quantitative estimate of drug-likeness (QED) is 0.302. The number of pyridine rings is 2. The van der Waals surface area contributed by atoms with E-state index in [-0.39, 0.29) is 17.7 Å². The molecule has 0 spiro atoms. The van der Waals surface area contributed by atoms with E-state index in [0.717, 1.165) is 24.7 Å². The monoisotopic (exact) mass is 561 g/mol. The van der Waals surface area contributed by atoms with E-state index in [1.165, 1.54) is 40.2 Å². The molecule has 1 aromatic carbocycles. The molecular weight excluding hydrogens is 530 g/mol. The van der Waals surface area contributed by atoms with Gasteiger partial charge < -0.3 is 15.1 Å². The first-order valence-electron chi connectivity index (χ1n) is 14.1. The molecule has 5 aromatic rings. The number of hydrogen-bond donors (Lipinski definition) is 1. The van der Waals surface area contributed by atoms with Crippen molar-refractivity contribution >= 4 is 28.4 Å². The molecule has 6 heterocycles. The van der Waals surface area contributed by atoms with Gasteiger partial charge in [0, 0.05) is 55.5 Å². The number of likely N-dealkylation sites (tertiary alicyclic amines) is 1. The summed E-state index contributed by atoms with van der Waals surface area (Å²) in [5.41, 5.74) is 2.00. The minimum Gasteiger partial charge on any atom is -0.367 e. The van der Waals surface area contributed by atoms with Crippen molar-refractivity contribution in [2.75, 3.05) is 36.9 Å². The van der Waals surface area contributed by atoms with Gasteiger partial charge in [-0.15, -0.1) is 6.58 Å². The van der Waals surface area contributed by atoms with Crippen molar-refractivity contribution in [2.24, 2.45) is 5.92 Å². The number of benzene rings is 1. The highest BCUT2D eigenvalue weighted by atomic mass is 16.1. The summed E-state index contributed by atoms with van der Waals surface area (Å²) in [5.74, 6) is 1.96. The first-order chi connectivity index (χ1) is 20.5. The lowest BCUT2D eigenvalue weighted by molar-refractivity contribution is 0.386. The van der Waals surface area contributed by atoms with Gasteiger partial charge in [0.2, 0.25) is 5.95 Å². The normalized spacial score (nSPS) is 18.5. The van der Waals surface area contributed by atoms with Gasteiger partial charge in [-0.2, -0.15) is 4.98 Å². The second kappa shape index (κ2) is 10.4. The van der Waals surface area contributed by atoms with Crippen LogP contribution in [0, 0.1) is 5.92 Å². The molecule has 2 unspecified atom stereocenters. The molecule has 0 radical (unpaired) electrons. The zero-order valence-corrected chi connectivity index (χ0v) is 23.3. The Hall–Kier alpha value is -5.03. The van der Waals surface area contributed by atoms with Crippen LogP contribution in [0.1, 0.15) is 6.42 Å². The van der Waals surface area contributed by atoms with Crippen LogP contribution < -0.4 is 21.3 Å². The number of anilines is 3. The first-order valence-corrected chi connectivity index (χ1v) is 14.1. The maximum absolute atomic E-state index is 13.4. The Bertz CT molecular complexity index is 1910. The highest BCUT2D eigenvalue weighted by Crippen LogP contribution is 2.35. The van der Waals surface area contributed by atoms with E-state index >= 15 is 0 Å². The second-order valence-corrected chi connectivity index (χ2v) is 10.9. The van der Waals surface area contributed by atoms with Gasteiger partial charge in [0.25, 0.3) is 11.1 Å². The summed E-state index contributed by atoms with van der Waals surface area (Å²) in [4.78, 5) is 44.6. The van der Waals surface area contributed by atoms with Crippen molar-refractivity contribution < 1.29 is 0 Å². The molecule has 0 saturated carbocycles. The molecule has 2 aliphatic rings. The highest BCUT2D eigenvalue weighted by Gasteiger charge is 2.39. The number of fused-ring (bicyclic) bond motifs is 2. The number of allylic oxidation sites excluding steroid dienone is 1. The van der Waals surface area contributed by atoms with Gasteiger partial charge in [-0.1, -0.05) is 18.2 Å². The lowest BCUT2D eigenvalue weighted by Gasteiger charge is -2.26. The molecule has 2 fully saturated rings. The van der Waals surface area contributed by atoms with E-state index in [2.05, 4.69) is 45.9 Å². The molecule has 212 valence electrons. The van der Waals surface area contributed by atoms with E-state index in [1.807, 2.05) is 12.1 Å². The number of aromatic nitrogens is 6. The number of nitrogens with zero attached hydrogens (tertiary/aromatic N) is 8. The predicted octanol–water partition coefficient (Wildman–Crippen LogP) is 3.20. The molecule has 2 atom stereocenters. The zero-order chi connectivity index (χ0) is 28.8. The minimum atomic E-state index is -0.258. The van der Waals surface area contributed by atoms with E-state index in [4.69, 9.17) is 9.97 Å². The molecule has 0 aliphatic carbocycles. The van der Waals surface area contributed by atoms with Gasteiger partial charge in [0.05, 0.1) is 6.54 Å². The Labute approximate surface area is 242 Å². The summed E-state index contributed by atoms with van der Waals surface area (Å²) in [6.07, 6.45) is 6.06. The standard InChI is InChI=1S/C31H31N9O2/c1-3-15-39-30(42)24-18-32-31(33-22-10-12-23(13-11-22)37-17-14-21-19-36(2)20-25(21)37)35-29(24)40(39)27-8-6-7-26(34-27)38-16-5-4-9-28(38)41/h3-13,16,18,21,25H,1,14-15,17,19-20H2,2H3,(H,32,33,35). The summed E-state index contributed by atoms with van der Waals surface area (Å²) in [5, 5.41) is 3.65. The molecule has 11 heteroatoms. The molecule has 2 saturated heterocycles. The minimum absolute atomic E-state index is 0.206. The van der Waals surface area contributed by atoms with Crippen LogP contribution in [0.25, 0.3) is 22.7 Å². The van der Waals surface area contributed by atoms with Crippen LogP contribution in [0.4, 0.5) is 17.3 Å². The van der Waals surface area contributed by atoms with Gasteiger partial charge >= 0.3 is 0 Å². The van der Waals surface area contributed by atoms with Gasteiger partial charge in [-0.05, 0) is 61.9 Å². The average Bonchev–Trinajstić information content (AvgIpc) is 3.64. The van der Waals surface area contributed by atoms with Crippen LogP contribution in [0.5, 0.6) is 0 Å². The van der Waals surface area contributed by atoms with Crippen LogP contribution in [0.3, 0.4) is 0 Å². The fourth-order valence-corrected chi connectivity index (χ4v) is 6.25. The topological polar surface area (TPSA) is 106 Å². The molecule has 0 bridgehead atoms. The Balaban J connectivity index is 1.23. The SMILES string of the molecule is C=CCn1c(=O)c2cnc(Nc3ccc(N4CCC5CN(C)CC54)cc3)nc2n1-c1cccc(-n2ccccc2=O)n1. The predicted molar refractivity (Wildman–Crippen MR) is 163 cm³/mol. The van der Waals surface area contributed by atoms with Crippen molar-refractivity contribution in [1.82, 2.24) is 33.8 Å². The Morgan fingerprint density at radius 2 is 1.83 bits per heavy atom. The lowest BCUT2D eigenvalue weighted by atomic mass is 10.0. The van der Waals surface area contributed by atoms with Crippen molar-refractivity contribution in [1.29, 1.82) is 0 Å².